The van der Waals surface area contributed by atoms with E-state index in [1.807, 2.05) is 0 Å². The number of thiazole rings is 1. The van der Waals surface area contributed by atoms with Crippen molar-refractivity contribution in [2.24, 2.45) is 0 Å². The quantitative estimate of drug-likeness (QED) is 0.729. The van der Waals surface area contributed by atoms with Gasteiger partial charge in [-0.3, -0.25) is 4.79 Å². The third-order valence-corrected chi connectivity index (χ3v) is 2.91. The number of hydrogen-bond donors (Lipinski definition) is 2. The van der Waals surface area contributed by atoms with Crippen LogP contribution in [-0.2, 0) is 0 Å². The van der Waals surface area contributed by atoms with E-state index in [1.54, 1.807) is 17.3 Å². The summed E-state index contributed by atoms with van der Waals surface area (Å²) in [5, 5.41) is 10.7. The predicted octanol–water partition coefficient (Wildman–Crippen LogP) is 0.960. The Balaban J connectivity index is 2.36. The van der Waals surface area contributed by atoms with Crippen molar-refractivity contribution in [1.82, 2.24) is 9.88 Å². The fraction of sp³-hybridized carbons (Fsp3) is 0.600. The standard InChI is InChI=1S/C10H17N3O2S/c1-13(5-3-2-4-6-14)9(15)8-7-16-10(11)12-8/h7,14H,2-6H2,1H3,(H2,11,12). The number of nitrogen functional groups attached to an aromatic ring is 1. The zero-order valence-electron chi connectivity index (χ0n) is 9.35. The molecule has 1 aromatic rings. The second-order valence-electron chi connectivity index (χ2n) is 3.58. The van der Waals surface area contributed by atoms with Gasteiger partial charge in [-0.25, -0.2) is 4.98 Å². The van der Waals surface area contributed by atoms with Gasteiger partial charge in [0.05, 0.1) is 0 Å². The van der Waals surface area contributed by atoms with Crippen LogP contribution in [0.3, 0.4) is 0 Å². The number of anilines is 1. The first-order chi connectivity index (χ1) is 7.65. The highest BCUT2D eigenvalue weighted by molar-refractivity contribution is 7.13. The van der Waals surface area contributed by atoms with Crippen molar-refractivity contribution in [2.45, 2.75) is 19.3 Å². The van der Waals surface area contributed by atoms with Gasteiger partial charge < -0.3 is 15.7 Å². The Morgan fingerprint density at radius 2 is 2.31 bits per heavy atom. The Labute approximate surface area is 98.9 Å². The van der Waals surface area contributed by atoms with E-state index in [0.717, 1.165) is 19.3 Å². The minimum atomic E-state index is -0.100. The molecule has 1 amide bonds. The lowest BCUT2D eigenvalue weighted by atomic mass is 10.2. The van der Waals surface area contributed by atoms with E-state index in [9.17, 15) is 4.79 Å². The maximum absolute atomic E-state index is 11.8. The molecule has 0 aliphatic rings. The van der Waals surface area contributed by atoms with Crippen LogP contribution in [-0.4, -0.2) is 41.1 Å². The van der Waals surface area contributed by atoms with Gasteiger partial charge in [-0.1, -0.05) is 0 Å². The fourth-order valence-corrected chi connectivity index (χ4v) is 1.86. The number of amides is 1. The lowest BCUT2D eigenvalue weighted by molar-refractivity contribution is 0.0787. The molecule has 16 heavy (non-hydrogen) atoms. The molecule has 0 atom stereocenters. The smallest absolute Gasteiger partial charge is 0.273 e. The summed E-state index contributed by atoms with van der Waals surface area (Å²) in [4.78, 5) is 17.4. The molecule has 0 aromatic carbocycles. The van der Waals surface area contributed by atoms with E-state index in [0.29, 0.717) is 17.4 Å². The molecule has 6 heteroatoms. The second kappa shape index (κ2) is 6.44. The first-order valence-electron chi connectivity index (χ1n) is 5.22. The van der Waals surface area contributed by atoms with E-state index in [2.05, 4.69) is 4.98 Å². The SMILES string of the molecule is CN(CCCCCO)C(=O)c1csc(N)n1. The van der Waals surface area contributed by atoms with E-state index < -0.39 is 0 Å². The van der Waals surface area contributed by atoms with E-state index in [4.69, 9.17) is 10.8 Å². The Hall–Kier alpha value is -1.14. The molecule has 0 bridgehead atoms. The highest BCUT2D eigenvalue weighted by Crippen LogP contribution is 2.12. The summed E-state index contributed by atoms with van der Waals surface area (Å²) in [6.07, 6.45) is 2.60. The Kier molecular flexibility index (Phi) is 5.21. The number of nitrogens with two attached hydrogens (primary N) is 1. The van der Waals surface area contributed by atoms with Crippen LogP contribution in [0.25, 0.3) is 0 Å². The van der Waals surface area contributed by atoms with E-state index >= 15 is 0 Å². The van der Waals surface area contributed by atoms with Crippen molar-refractivity contribution >= 4 is 22.4 Å². The Morgan fingerprint density at radius 3 is 2.88 bits per heavy atom. The molecule has 0 saturated carbocycles. The molecule has 3 N–H and O–H groups in total. The van der Waals surface area contributed by atoms with Crippen LogP contribution in [0, 0.1) is 0 Å². The van der Waals surface area contributed by atoms with Gasteiger partial charge in [-0.2, -0.15) is 0 Å². The molecule has 0 unspecified atom stereocenters. The molecule has 0 saturated heterocycles. The minimum absolute atomic E-state index is 0.100. The van der Waals surface area contributed by atoms with Crippen LogP contribution < -0.4 is 5.73 Å². The molecular weight excluding hydrogens is 226 g/mol. The number of carbonyl (C=O) groups excluding carboxylic acids is 1. The summed E-state index contributed by atoms with van der Waals surface area (Å²) in [5.41, 5.74) is 5.87. The number of carbonyl (C=O) groups is 1. The Bertz CT molecular complexity index is 341. The monoisotopic (exact) mass is 243 g/mol. The molecule has 0 aliphatic carbocycles. The number of unbranched alkanes of at least 4 members (excludes halogenated alkanes) is 2. The molecule has 1 heterocycles. The first-order valence-corrected chi connectivity index (χ1v) is 6.10. The van der Waals surface area contributed by atoms with Gasteiger partial charge in [-0.15, -0.1) is 11.3 Å². The molecular formula is C10H17N3O2S. The van der Waals surface area contributed by atoms with Gasteiger partial charge in [0.15, 0.2) is 5.13 Å². The van der Waals surface area contributed by atoms with Gasteiger partial charge in [0.2, 0.25) is 0 Å². The molecule has 90 valence electrons. The molecule has 0 fully saturated rings. The third kappa shape index (κ3) is 3.79. The fourth-order valence-electron chi connectivity index (χ4n) is 1.32. The van der Waals surface area contributed by atoms with Crippen molar-refractivity contribution in [3.8, 4) is 0 Å². The average Bonchev–Trinajstić information content (AvgIpc) is 2.70. The largest absolute Gasteiger partial charge is 0.396 e. The lowest BCUT2D eigenvalue weighted by Gasteiger charge is -2.15. The number of rotatable bonds is 6. The van der Waals surface area contributed by atoms with Crippen molar-refractivity contribution in [1.29, 1.82) is 0 Å². The zero-order valence-corrected chi connectivity index (χ0v) is 10.2. The molecule has 5 nitrogen and oxygen atoms in total. The van der Waals surface area contributed by atoms with Crippen LogP contribution in [0.4, 0.5) is 5.13 Å². The van der Waals surface area contributed by atoms with Crippen molar-refractivity contribution in [2.75, 3.05) is 25.9 Å². The molecule has 1 aromatic heterocycles. The third-order valence-electron chi connectivity index (χ3n) is 2.24. The minimum Gasteiger partial charge on any atom is -0.396 e. The zero-order chi connectivity index (χ0) is 12.0. The number of aliphatic hydroxyl groups is 1. The number of nitrogens with zero attached hydrogens (tertiary/aromatic N) is 2. The van der Waals surface area contributed by atoms with Gasteiger partial charge in [0, 0.05) is 25.6 Å². The summed E-state index contributed by atoms with van der Waals surface area (Å²) in [7, 11) is 1.75. The van der Waals surface area contributed by atoms with Crippen LogP contribution >= 0.6 is 11.3 Å². The molecule has 1 rings (SSSR count). The number of aromatic nitrogens is 1. The molecule has 0 aliphatic heterocycles. The predicted molar refractivity (Wildman–Crippen MR) is 64.4 cm³/mol. The summed E-state index contributed by atoms with van der Waals surface area (Å²) in [5.74, 6) is -0.100. The molecule has 0 radical (unpaired) electrons. The Morgan fingerprint density at radius 1 is 1.56 bits per heavy atom. The average molecular weight is 243 g/mol. The number of aliphatic hydroxyl groups excluding tert-OH is 1. The lowest BCUT2D eigenvalue weighted by Crippen LogP contribution is -2.28. The van der Waals surface area contributed by atoms with Crippen molar-refractivity contribution in [3.63, 3.8) is 0 Å². The van der Waals surface area contributed by atoms with Gasteiger partial charge in [-0.05, 0) is 19.3 Å². The van der Waals surface area contributed by atoms with E-state index in [-0.39, 0.29) is 12.5 Å². The van der Waals surface area contributed by atoms with Crippen molar-refractivity contribution < 1.29 is 9.90 Å². The van der Waals surface area contributed by atoms with Crippen LogP contribution in [0.15, 0.2) is 5.38 Å². The van der Waals surface area contributed by atoms with Gasteiger partial charge in [0.25, 0.3) is 5.91 Å². The summed E-state index contributed by atoms with van der Waals surface area (Å²) >= 11 is 1.27. The summed E-state index contributed by atoms with van der Waals surface area (Å²) in [6, 6.07) is 0. The normalized spacial score (nSPS) is 10.4. The summed E-state index contributed by atoms with van der Waals surface area (Å²) < 4.78 is 0. The second-order valence-corrected chi connectivity index (χ2v) is 4.47. The highest BCUT2D eigenvalue weighted by atomic mass is 32.1. The van der Waals surface area contributed by atoms with Crippen LogP contribution in [0.5, 0.6) is 0 Å². The van der Waals surface area contributed by atoms with E-state index in [1.165, 1.54) is 11.3 Å². The molecule has 0 spiro atoms. The topological polar surface area (TPSA) is 79.5 Å². The van der Waals surface area contributed by atoms with Crippen LogP contribution in [0.1, 0.15) is 29.8 Å². The van der Waals surface area contributed by atoms with Crippen molar-refractivity contribution in [3.05, 3.63) is 11.1 Å². The van der Waals surface area contributed by atoms with Gasteiger partial charge in [0.1, 0.15) is 5.69 Å². The number of hydrogen-bond acceptors (Lipinski definition) is 5. The maximum atomic E-state index is 11.8. The highest BCUT2D eigenvalue weighted by Gasteiger charge is 2.14. The first kappa shape index (κ1) is 12.9. The summed E-state index contributed by atoms with van der Waals surface area (Å²) in [6.45, 7) is 0.885. The van der Waals surface area contributed by atoms with Gasteiger partial charge >= 0.3 is 0 Å². The van der Waals surface area contributed by atoms with Crippen LogP contribution in [0.2, 0.25) is 0 Å². The maximum Gasteiger partial charge on any atom is 0.273 e.